The predicted molar refractivity (Wildman–Crippen MR) is 65.3 cm³/mol. The molecular formula is C14H18O. The second-order valence-electron chi connectivity index (χ2n) is 3.66. The first kappa shape index (κ1) is 11.6. The van der Waals surface area contributed by atoms with Crippen molar-refractivity contribution >= 4 is 0 Å². The molecule has 0 fully saturated rings. The Bertz CT molecular complexity index is 339. The molecule has 1 aromatic carbocycles. The minimum absolute atomic E-state index is 0.698. The van der Waals surface area contributed by atoms with E-state index in [1.807, 2.05) is 31.2 Å². The lowest BCUT2D eigenvalue weighted by Gasteiger charge is -2.09. The van der Waals surface area contributed by atoms with Crippen LogP contribution in [-0.4, -0.2) is 6.61 Å². The molecule has 1 rings (SSSR count). The predicted octanol–water partition coefficient (Wildman–Crippen LogP) is 3.76. The lowest BCUT2D eigenvalue weighted by Crippen LogP contribution is -2.00. The van der Waals surface area contributed by atoms with Crippen LogP contribution in [-0.2, 0) is 6.42 Å². The highest BCUT2D eigenvalue weighted by Crippen LogP contribution is 2.19. The van der Waals surface area contributed by atoms with Gasteiger partial charge in [0.1, 0.15) is 5.75 Å². The van der Waals surface area contributed by atoms with Crippen molar-refractivity contribution in [1.82, 2.24) is 0 Å². The number of rotatable bonds is 6. The van der Waals surface area contributed by atoms with Crippen molar-refractivity contribution in [3.8, 4) is 5.75 Å². The van der Waals surface area contributed by atoms with Gasteiger partial charge in [-0.25, -0.2) is 0 Å². The van der Waals surface area contributed by atoms with Crippen molar-refractivity contribution in [2.75, 3.05) is 6.61 Å². The quantitative estimate of drug-likeness (QED) is 0.638. The third kappa shape index (κ3) is 4.03. The van der Waals surface area contributed by atoms with Gasteiger partial charge >= 0.3 is 0 Å². The maximum Gasteiger partial charge on any atom is 0.122 e. The first-order valence-electron chi connectivity index (χ1n) is 5.20. The fourth-order valence-electron chi connectivity index (χ4n) is 1.30. The van der Waals surface area contributed by atoms with Gasteiger partial charge in [0.05, 0.1) is 6.61 Å². The van der Waals surface area contributed by atoms with Crippen LogP contribution in [0.1, 0.15) is 18.9 Å². The van der Waals surface area contributed by atoms with Crippen molar-refractivity contribution < 1.29 is 4.74 Å². The smallest absolute Gasteiger partial charge is 0.122 e. The van der Waals surface area contributed by atoms with Crippen LogP contribution in [0.2, 0.25) is 0 Å². The summed E-state index contributed by atoms with van der Waals surface area (Å²) in [6, 6.07) is 8.07. The van der Waals surface area contributed by atoms with Crippen molar-refractivity contribution in [3.05, 3.63) is 54.6 Å². The highest BCUT2D eigenvalue weighted by Gasteiger charge is 2.00. The van der Waals surface area contributed by atoms with Crippen LogP contribution in [0.5, 0.6) is 5.75 Å². The minimum Gasteiger partial charge on any atom is -0.493 e. The molecule has 0 radical (unpaired) electrons. The molecule has 0 saturated carbocycles. The molecule has 0 spiro atoms. The Morgan fingerprint density at radius 2 is 2.13 bits per heavy atom. The van der Waals surface area contributed by atoms with Gasteiger partial charge in [0.25, 0.3) is 0 Å². The molecule has 0 N–H and O–H groups in total. The van der Waals surface area contributed by atoms with Crippen molar-refractivity contribution in [3.63, 3.8) is 0 Å². The first-order chi connectivity index (χ1) is 7.24. The van der Waals surface area contributed by atoms with E-state index in [0.29, 0.717) is 6.61 Å². The molecule has 0 aliphatic rings. The molecule has 0 saturated heterocycles. The molecule has 0 bridgehead atoms. The summed E-state index contributed by atoms with van der Waals surface area (Å²) >= 11 is 0. The van der Waals surface area contributed by atoms with Crippen LogP contribution in [0.25, 0.3) is 0 Å². The normalized spacial score (nSPS) is 9.67. The van der Waals surface area contributed by atoms with Gasteiger partial charge in [0, 0.05) is 6.42 Å². The molecule has 0 atom stereocenters. The number of allylic oxidation sites excluding steroid dienone is 1. The van der Waals surface area contributed by atoms with E-state index in [4.69, 9.17) is 4.74 Å². The van der Waals surface area contributed by atoms with E-state index in [2.05, 4.69) is 19.2 Å². The second-order valence-corrected chi connectivity index (χ2v) is 3.66. The van der Waals surface area contributed by atoms with Crippen molar-refractivity contribution in [2.24, 2.45) is 0 Å². The summed E-state index contributed by atoms with van der Waals surface area (Å²) in [5, 5.41) is 0. The summed E-state index contributed by atoms with van der Waals surface area (Å²) in [4.78, 5) is 0. The summed E-state index contributed by atoms with van der Waals surface area (Å²) in [5.74, 6) is 0.957. The molecule has 0 aliphatic heterocycles. The lowest BCUT2D eigenvalue weighted by molar-refractivity contribution is 0.319. The third-order valence-corrected chi connectivity index (χ3v) is 2.12. The van der Waals surface area contributed by atoms with Crippen LogP contribution in [0.15, 0.2) is 49.1 Å². The highest BCUT2D eigenvalue weighted by atomic mass is 16.5. The van der Waals surface area contributed by atoms with Gasteiger partial charge in [-0.1, -0.05) is 29.8 Å². The van der Waals surface area contributed by atoms with Crippen LogP contribution < -0.4 is 4.74 Å². The number of benzene rings is 1. The van der Waals surface area contributed by atoms with Crippen molar-refractivity contribution in [1.29, 1.82) is 0 Å². The molecular weight excluding hydrogens is 184 g/mol. The number of ether oxygens (including phenoxy) is 1. The maximum absolute atomic E-state index is 5.69. The summed E-state index contributed by atoms with van der Waals surface area (Å²) in [6.07, 6.45) is 3.65. The van der Waals surface area contributed by atoms with Crippen LogP contribution >= 0.6 is 0 Å². The Labute approximate surface area is 92.1 Å². The Morgan fingerprint density at radius 3 is 2.80 bits per heavy atom. The zero-order valence-corrected chi connectivity index (χ0v) is 9.33. The van der Waals surface area contributed by atoms with E-state index in [1.54, 1.807) is 0 Å². The van der Waals surface area contributed by atoms with Gasteiger partial charge in [-0.2, -0.15) is 0 Å². The second kappa shape index (κ2) is 6.07. The molecule has 1 nitrogen and oxygen atoms in total. The summed E-state index contributed by atoms with van der Waals surface area (Å²) in [7, 11) is 0. The summed E-state index contributed by atoms with van der Waals surface area (Å²) in [5.41, 5.74) is 2.34. The topological polar surface area (TPSA) is 9.23 Å². The zero-order valence-electron chi connectivity index (χ0n) is 9.33. The monoisotopic (exact) mass is 202 g/mol. The number of hydrogen-bond acceptors (Lipinski definition) is 1. The Hall–Kier alpha value is -1.50. The minimum atomic E-state index is 0.698. The van der Waals surface area contributed by atoms with Crippen molar-refractivity contribution in [2.45, 2.75) is 19.8 Å². The van der Waals surface area contributed by atoms with E-state index in [-0.39, 0.29) is 0 Å². The molecule has 15 heavy (non-hydrogen) atoms. The maximum atomic E-state index is 5.69. The average Bonchev–Trinajstić information content (AvgIpc) is 2.20. The molecule has 1 aromatic rings. The first-order valence-corrected chi connectivity index (χ1v) is 5.20. The van der Waals surface area contributed by atoms with Gasteiger partial charge in [0.15, 0.2) is 0 Å². The fourth-order valence-corrected chi connectivity index (χ4v) is 1.30. The van der Waals surface area contributed by atoms with E-state index in [9.17, 15) is 0 Å². The Kier molecular flexibility index (Phi) is 4.69. The van der Waals surface area contributed by atoms with Crippen LogP contribution in [0.3, 0.4) is 0 Å². The van der Waals surface area contributed by atoms with Crippen LogP contribution in [0.4, 0.5) is 0 Å². The summed E-state index contributed by atoms with van der Waals surface area (Å²) in [6.45, 7) is 10.3. The van der Waals surface area contributed by atoms with Gasteiger partial charge < -0.3 is 4.74 Å². The molecule has 0 aliphatic carbocycles. The van der Waals surface area contributed by atoms with Crippen LogP contribution in [0, 0.1) is 0 Å². The highest BCUT2D eigenvalue weighted by molar-refractivity contribution is 5.34. The Balaban J connectivity index is 2.58. The van der Waals surface area contributed by atoms with E-state index in [1.165, 1.54) is 5.56 Å². The zero-order chi connectivity index (χ0) is 11.1. The molecule has 0 unspecified atom stereocenters. The lowest BCUT2D eigenvalue weighted by atomic mass is 10.1. The van der Waals surface area contributed by atoms with E-state index in [0.717, 1.165) is 24.2 Å². The molecule has 80 valence electrons. The van der Waals surface area contributed by atoms with E-state index >= 15 is 0 Å². The number of para-hydroxylation sites is 1. The van der Waals surface area contributed by atoms with Gasteiger partial charge in [-0.05, 0) is 25.0 Å². The summed E-state index contributed by atoms with van der Waals surface area (Å²) < 4.78 is 5.69. The van der Waals surface area contributed by atoms with Gasteiger partial charge in [0.2, 0.25) is 0 Å². The fraction of sp³-hybridized carbons (Fsp3) is 0.286. The number of hydrogen-bond donors (Lipinski definition) is 0. The van der Waals surface area contributed by atoms with Gasteiger partial charge in [-0.3, -0.25) is 0 Å². The largest absolute Gasteiger partial charge is 0.493 e. The molecule has 0 heterocycles. The molecule has 0 amide bonds. The van der Waals surface area contributed by atoms with Gasteiger partial charge in [-0.15, -0.1) is 13.2 Å². The van der Waals surface area contributed by atoms with E-state index < -0.39 is 0 Å². The Morgan fingerprint density at radius 1 is 1.40 bits per heavy atom. The molecule has 0 aromatic heterocycles. The average molecular weight is 202 g/mol. The molecule has 1 heteroatoms. The SMILES string of the molecule is C=CCc1ccccc1OCCC(=C)C. The standard InChI is InChI=1S/C14H18O/c1-4-7-13-8-5-6-9-14(13)15-11-10-12(2)3/h4-6,8-9H,1-2,7,10-11H2,3H3. The third-order valence-electron chi connectivity index (χ3n) is 2.12.